The summed E-state index contributed by atoms with van der Waals surface area (Å²) in [4.78, 5) is 15.9. The van der Waals surface area contributed by atoms with Gasteiger partial charge in [-0.05, 0) is 6.92 Å². The van der Waals surface area contributed by atoms with Crippen LogP contribution in [-0.2, 0) is 14.6 Å². The van der Waals surface area contributed by atoms with Crippen LogP contribution in [0.4, 0.5) is 4.79 Å². The van der Waals surface area contributed by atoms with E-state index in [-0.39, 0.29) is 0 Å². The van der Waals surface area contributed by atoms with E-state index >= 15 is 0 Å². The zero-order valence-corrected chi connectivity index (χ0v) is 9.19. The molecule has 0 saturated heterocycles. The van der Waals surface area contributed by atoms with Crippen LogP contribution in [0.5, 0.6) is 0 Å². The van der Waals surface area contributed by atoms with Crippen molar-refractivity contribution in [1.82, 2.24) is 4.90 Å². The lowest BCUT2D eigenvalue weighted by atomic mass is 10.5. The Bertz CT molecular complexity index is 350. The first-order chi connectivity index (χ1) is 6.78. The van der Waals surface area contributed by atoms with Gasteiger partial charge in [0.2, 0.25) is 0 Å². The van der Waals surface area contributed by atoms with Crippen LogP contribution in [0, 0.1) is 0 Å². The molecule has 8 nitrogen and oxygen atoms in total. The molecule has 0 bridgehead atoms. The molecular formula is C6H13N3O5S. The fraction of sp³-hybridized carbons (Fsp3) is 0.667. The Balaban J connectivity index is 0.000000288. The number of nitrogens with zero attached hydrogens (tertiary/aromatic N) is 2. The van der Waals surface area contributed by atoms with Crippen LogP contribution in [0.25, 0.3) is 0 Å². The van der Waals surface area contributed by atoms with Crippen molar-refractivity contribution in [2.45, 2.75) is 6.92 Å². The summed E-state index contributed by atoms with van der Waals surface area (Å²) in [6.45, 7) is 3.10. The number of amides is 2. The molecule has 0 spiro atoms. The third kappa shape index (κ3) is 5.99. The predicted molar refractivity (Wildman–Crippen MR) is 52.8 cm³/mol. The van der Waals surface area contributed by atoms with Gasteiger partial charge in [0.25, 0.3) is 0 Å². The van der Waals surface area contributed by atoms with Gasteiger partial charge < -0.3 is 5.73 Å². The van der Waals surface area contributed by atoms with E-state index in [1.54, 1.807) is 6.92 Å². The summed E-state index contributed by atoms with van der Waals surface area (Å²) in [6, 6.07) is -0.409. The average Bonchev–Trinajstić information content (AvgIpc) is 2.51. The lowest BCUT2D eigenvalue weighted by Gasteiger charge is -2.10. The van der Waals surface area contributed by atoms with Gasteiger partial charge in [-0.25, -0.2) is 4.79 Å². The lowest BCUT2D eigenvalue weighted by molar-refractivity contribution is 0.232. The molecule has 9 heteroatoms. The number of nitrogens with two attached hydrogens (primary N) is 1. The van der Waals surface area contributed by atoms with Crippen LogP contribution in [-0.4, -0.2) is 49.9 Å². The first kappa shape index (κ1) is 13.8. The molecule has 1 heterocycles. The second kappa shape index (κ2) is 5.63. The first-order valence-corrected chi connectivity index (χ1v) is 5.25. The summed E-state index contributed by atoms with van der Waals surface area (Å²) >= 11 is 0. The van der Waals surface area contributed by atoms with Gasteiger partial charge in [-0.15, -0.1) is 0 Å². The summed E-state index contributed by atoms with van der Waals surface area (Å²) < 4.78 is 29.7. The number of rotatable bonds is 1. The molecule has 3 N–H and O–H groups in total. The highest BCUT2D eigenvalue weighted by atomic mass is 32.3. The minimum absolute atomic E-state index is 0.409. The van der Waals surface area contributed by atoms with E-state index in [1.165, 1.54) is 4.90 Å². The van der Waals surface area contributed by atoms with E-state index < -0.39 is 16.4 Å². The topological polar surface area (TPSA) is 122 Å². The number of primary amides is 1. The second-order valence-corrected chi connectivity index (χ2v) is 3.70. The van der Waals surface area contributed by atoms with E-state index in [1.807, 2.05) is 0 Å². The summed E-state index contributed by atoms with van der Waals surface area (Å²) in [5.74, 6) is 0.725. The molecule has 2 amide bonds. The van der Waals surface area contributed by atoms with E-state index in [0.717, 1.165) is 12.9 Å². The SMILES string of the molecule is CC1=NCCN1C(N)=O.COS(=O)(=O)O. The summed E-state index contributed by atoms with van der Waals surface area (Å²) in [5.41, 5.74) is 4.99. The Morgan fingerprint density at radius 3 is 2.27 bits per heavy atom. The van der Waals surface area contributed by atoms with E-state index in [2.05, 4.69) is 9.18 Å². The zero-order chi connectivity index (χ0) is 12.1. The minimum Gasteiger partial charge on any atom is -0.351 e. The Morgan fingerprint density at radius 1 is 1.67 bits per heavy atom. The predicted octanol–water partition coefficient (Wildman–Crippen LogP) is -0.765. The third-order valence-electron chi connectivity index (χ3n) is 1.53. The molecule has 0 radical (unpaired) electrons. The normalized spacial score (nSPS) is 15.4. The van der Waals surface area contributed by atoms with Crippen molar-refractivity contribution in [3.05, 3.63) is 0 Å². The van der Waals surface area contributed by atoms with Crippen molar-refractivity contribution in [2.24, 2.45) is 10.7 Å². The molecule has 0 unspecified atom stereocenters. The molecule has 1 aliphatic heterocycles. The summed E-state index contributed by atoms with van der Waals surface area (Å²) in [7, 11) is -3.29. The molecule has 88 valence electrons. The number of hydrogen-bond acceptors (Lipinski definition) is 5. The van der Waals surface area contributed by atoms with Crippen molar-refractivity contribution in [1.29, 1.82) is 0 Å². The van der Waals surface area contributed by atoms with Crippen molar-refractivity contribution in [3.63, 3.8) is 0 Å². The standard InChI is InChI=1S/C5H9N3O.CH4O4S/c1-4-7-2-3-8(4)5(6)9;1-5-6(2,3)4/h2-3H2,1H3,(H2,6,9);1H3,(H,2,3,4). The highest BCUT2D eigenvalue weighted by Gasteiger charge is 2.16. The van der Waals surface area contributed by atoms with E-state index in [9.17, 15) is 13.2 Å². The molecule has 0 aromatic rings. The van der Waals surface area contributed by atoms with Crippen LogP contribution >= 0.6 is 0 Å². The van der Waals surface area contributed by atoms with Crippen molar-refractivity contribution >= 4 is 22.3 Å². The van der Waals surface area contributed by atoms with E-state index in [0.29, 0.717) is 13.1 Å². The van der Waals surface area contributed by atoms with E-state index in [4.69, 9.17) is 10.3 Å². The average molecular weight is 239 g/mol. The van der Waals surface area contributed by atoms with Crippen LogP contribution in [0.15, 0.2) is 4.99 Å². The van der Waals surface area contributed by atoms with Gasteiger partial charge >= 0.3 is 16.4 Å². The number of hydrogen-bond donors (Lipinski definition) is 2. The molecule has 15 heavy (non-hydrogen) atoms. The van der Waals surface area contributed by atoms with Crippen molar-refractivity contribution < 1.29 is 21.9 Å². The summed E-state index contributed by atoms with van der Waals surface area (Å²) in [6.07, 6.45) is 0. The maximum atomic E-state index is 10.5. The fourth-order valence-corrected chi connectivity index (χ4v) is 0.829. The molecular weight excluding hydrogens is 226 g/mol. The number of urea groups is 1. The first-order valence-electron chi connectivity index (χ1n) is 3.89. The molecule has 0 aromatic carbocycles. The van der Waals surface area contributed by atoms with Gasteiger partial charge in [0.15, 0.2) is 0 Å². The van der Waals surface area contributed by atoms with Crippen molar-refractivity contribution in [2.75, 3.05) is 20.2 Å². The second-order valence-electron chi connectivity index (χ2n) is 2.51. The lowest BCUT2D eigenvalue weighted by Crippen LogP contribution is -2.37. The van der Waals surface area contributed by atoms with Crippen LogP contribution in [0.3, 0.4) is 0 Å². The Kier molecular flexibility index (Phi) is 5.19. The zero-order valence-electron chi connectivity index (χ0n) is 8.37. The van der Waals surface area contributed by atoms with Crippen LogP contribution in [0.2, 0.25) is 0 Å². The van der Waals surface area contributed by atoms with Gasteiger partial charge in [-0.3, -0.25) is 18.6 Å². The van der Waals surface area contributed by atoms with Gasteiger partial charge in [0.05, 0.1) is 13.7 Å². The molecule has 1 aliphatic rings. The Hall–Kier alpha value is -1.19. The van der Waals surface area contributed by atoms with Gasteiger partial charge in [0.1, 0.15) is 5.84 Å². The van der Waals surface area contributed by atoms with Gasteiger partial charge in [-0.2, -0.15) is 8.42 Å². The Morgan fingerprint density at radius 2 is 2.13 bits per heavy atom. The monoisotopic (exact) mass is 239 g/mol. The smallest absolute Gasteiger partial charge is 0.351 e. The highest BCUT2D eigenvalue weighted by Crippen LogP contribution is 1.98. The maximum absolute atomic E-state index is 10.5. The number of aliphatic imine (C=N–C) groups is 1. The molecule has 1 rings (SSSR count). The number of carbonyl (C=O) groups excluding carboxylic acids is 1. The van der Waals surface area contributed by atoms with Gasteiger partial charge in [-0.1, -0.05) is 0 Å². The molecule has 0 aliphatic carbocycles. The molecule has 0 atom stereocenters. The minimum atomic E-state index is -4.16. The fourth-order valence-electron chi connectivity index (χ4n) is 0.829. The number of carbonyl (C=O) groups is 1. The van der Waals surface area contributed by atoms with Gasteiger partial charge in [0, 0.05) is 6.54 Å². The summed E-state index contributed by atoms with van der Waals surface area (Å²) in [5, 5.41) is 0. The number of amidine groups is 1. The maximum Gasteiger partial charge on any atom is 0.397 e. The quantitative estimate of drug-likeness (QED) is 0.582. The van der Waals surface area contributed by atoms with Crippen LogP contribution < -0.4 is 5.73 Å². The Labute approximate surface area is 87.7 Å². The largest absolute Gasteiger partial charge is 0.397 e. The van der Waals surface area contributed by atoms with Crippen LogP contribution in [0.1, 0.15) is 6.92 Å². The van der Waals surface area contributed by atoms with Crippen molar-refractivity contribution in [3.8, 4) is 0 Å². The third-order valence-corrected chi connectivity index (χ3v) is 1.95. The molecule has 0 fully saturated rings. The molecule has 0 aromatic heterocycles. The highest BCUT2D eigenvalue weighted by molar-refractivity contribution is 7.80. The molecule has 0 saturated carbocycles.